The summed E-state index contributed by atoms with van der Waals surface area (Å²) in [5.74, 6) is 0.287. The van der Waals surface area contributed by atoms with Crippen LogP contribution in [0.5, 0.6) is 5.75 Å². The van der Waals surface area contributed by atoms with E-state index in [1.54, 1.807) is 12.1 Å². The molecule has 0 radical (unpaired) electrons. The zero-order valence-electron chi connectivity index (χ0n) is 12.6. The molecule has 1 aromatic carbocycles. The number of rotatable bonds is 10. The number of hydrogen-bond acceptors (Lipinski definition) is 5. The third-order valence-corrected chi connectivity index (χ3v) is 5.00. The van der Waals surface area contributed by atoms with Crippen molar-refractivity contribution in [3.63, 3.8) is 0 Å². The summed E-state index contributed by atoms with van der Waals surface area (Å²) < 4.78 is 29.3. The van der Waals surface area contributed by atoms with Gasteiger partial charge in [0.1, 0.15) is 5.75 Å². The molecular weight excluding hydrogens is 306 g/mol. The number of sulfone groups is 1. The van der Waals surface area contributed by atoms with Crippen molar-refractivity contribution in [3.05, 3.63) is 34.7 Å². The molecule has 0 saturated carbocycles. The summed E-state index contributed by atoms with van der Waals surface area (Å²) in [6.07, 6.45) is 1.73. The largest absolute Gasteiger partial charge is 0.497 e. The molecule has 0 fully saturated rings. The molecule has 0 aliphatic rings. The Bertz CT molecular complexity index is 595. The van der Waals surface area contributed by atoms with E-state index >= 15 is 0 Å². The Kier molecular flexibility index (Phi) is 7.73. The van der Waals surface area contributed by atoms with Crippen LogP contribution >= 0.6 is 0 Å². The molecule has 8 heteroatoms. The highest BCUT2D eigenvalue weighted by Crippen LogP contribution is 2.18. The Balaban J connectivity index is 2.44. The molecule has 0 spiro atoms. The van der Waals surface area contributed by atoms with E-state index in [-0.39, 0.29) is 10.6 Å². The smallest absolute Gasteiger partial charge is 0.180 e. The molecule has 0 aromatic heterocycles. The minimum absolute atomic E-state index is 0.177. The van der Waals surface area contributed by atoms with E-state index < -0.39 is 15.9 Å². The summed E-state index contributed by atoms with van der Waals surface area (Å²) in [5, 5.41) is 13.3. The van der Waals surface area contributed by atoms with Gasteiger partial charge in [0.15, 0.2) is 9.84 Å². The van der Waals surface area contributed by atoms with Gasteiger partial charge >= 0.3 is 0 Å². The van der Waals surface area contributed by atoms with E-state index in [2.05, 4.69) is 10.0 Å². The third kappa shape index (κ3) is 6.34. The van der Waals surface area contributed by atoms with Gasteiger partial charge in [-0.3, -0.25) is 0 Å². The molecule has 0 bridgehead atoms. The quantitative estimate of drug-likeness (QED) is 0.308. The number of nitrogens with zero attached hydrogens (tertiary/aromatic N) is 3. The lowest BCUT2D eigenvalue weighted by molar-refractivity contribution is 0.183. The van der Waals surface area contributed by atoms with Gasteiger partial charge in [0.05, 0.1) is 23.9 Å². The summed E-state index contributed by atoms with van der Waals surface area (Å²) in [6.45, 7) is 0.427. The number of hydrogen-bond donors (Lipinski definition) is 1. The van der Waals surface area contributed by atoms with Crippen LogP contribution in [0.1, 0.15) is 25.7 Å². The predicted molar refractivity (Wildman–Crippen MR) is 83.5 cm³/mol. The van der Waals surface area contributed by atoms with Crippen molar-refractivity contribution in [2.75, 3.05) is 19.4 Å². The molecular formula is C14H21N3O4S. The van der Waals surface area contributed by atoms with Crippen LogP contribution in [0.25, 0.3) is 10.4 Å². The fraction of sp³-hybridized carbons (Fsp3) is 0.571. The molecule has 1 aromatic rings. The van der Waals surface area contributed by atoms with Crippen LogP contribution in [0.4, 0.5) is 0 Å². The van der Waals surface area contributed by atoms with Crippen molar-refractivity contribution in [3.8, 4) is 5.75 Å². The van der Waals surface area contributed by atoms with Gasteiger partial charge in [-0.25, -0.2) is 8.42 Å². The zero-order chi connectivity index (χ0) is 16.4. The number of aliphatic hydroxyl groups excluding tert-OH is 1. The van der Waals surface area contributed by atoms with Crippen LogP contribution in [-0.2, 0) is 9.84 Å². The second kappa shape index (κ2) is 9.30. The Morgan fingerprint density at radius 1 is 1.27 bits per heavy atom. The van der Waals surface area contributed by atoms with Crippen LogP contribution < -0.4 is 4.74 Å². The molecule has 0 saturated heterocycles. The predicted octanol–water partition coefficient (Wildman–Crippen LogP) is 2.70. The van der Waals surface area contributed by atoms with E-state index in [1.165, 1.54) is 19.2 Å². The number of benzene rings is 1. The molecule has 1 N–H and O–H groups in total. The van der Waals surface area contributed by atoms with E-state index in [1.807, 2.05) is 0 Å². The summed E-state index contributed by atoms with van der Waals surface area (Å²) in [4.78, 5) is 2.83. The van der Waals surface area contributed by atoms with Crippen molar-refractivity contribution in [2.24, 2.45) is 5.11 Å². The second-order valence-corrected chi connectivity index (χ2v) is 6.95. The average Bonchev–Trinajstić information content (AvgIpc) is 2.50. The van der Waals surface area contributed by atoms with Gasteiger partial charge in [-0.05, 0) is 42.6 Å². The summed E-state index contributed by atoms with van der Waals surface area (Å²) in [5.41, 5.74) is 8.12. The van der Waals surface area contributed by atoms with E-state index in [9.17, 15) is 13.5 Å². The van der Waals surface area contributed by atoms with Crippen LogP contribution in [0.15, 0.2) is 34.3 Å². The molecule has 7 nitrogen and oxygen atoms in total. The number of azide groups is 1. The van der Waals surface area contributed by atoms with Crippen molar-refractivity contribution >= 4 is 9.84 Å². The lowest BCUT2D eigenvalue weighted by Crippen LogP contribution is -2.21. The molecule has 0 aliphatic heterocycles. The van der Waals surface area contributed by atoms with Crippen LogP contribution in [0.2, 0.25) is 0 Å². The van der Waals surface area contributed by atoms with Crippen LogP contribution in [0.3, 0.4) is 0 Å². The van der Waals surface area contributed by atoms with Gasteiger partial charge in [-0.2, -0.15) is 0 Å². The average molecular weight is 327 g/mol. The molecule has 1 rings (SSSR count). The Hall–Kier alpha value is -1.76. The normalized spacial score (nSPS) is 12.5. The highest BCUT2D eigenvalue weighted by atomic mass is 32.2. The molecule has 22 heavy (non-hydrogen) atoms. The zero-order valence-corrected chi connectivity index (χ0v) is 13.4. The minimum atomic E-state index is -3.51. The molecule has 1 unspecified atom stereocenters. The molecule has 0 heterocycles. The summed E-state index contributed by atoms with van der Waals surface area (Å²) in [6, 6.07) is 6.10. The number of methoxy groups -OCH3 is 1. The maximum atomic E-state index is 12.2. The van der Waals surface area contributed by atoms with Gasteiger partial charge in [0.25, 0.3) is 0 Å². The van der Waals surface area contributed by atoms with Crippen molar-refractivity contribution in [2.45, 2.75) is 36.7 Å². The molecule has 122 valence electrons. The minimum Gasteiger partial charge on any atom is -0.497 e. The topological polar surface area (TPSA) is 112 Å². The maximum Gasteiger partial charge on any atom is 0.180 e. The number of aliphatic hydroxyl groups is 1. The first-order chi connectivity index (χ1) is 10.5. The van der Waals surface area contributed by atoms with Gasteiger partial charge in [0.2, 0.25) is 0 Å². The maximum absolute atomic E-state index is 12.2. The SMILES string of the molecule is COc1ccc(S(=O)(=O)CC(O)CCCCCN=[N+]=[N-])cc1. The Morgan fingerprint density at radius 3 is 2.55 bits per heavy atom. The first-order valence-electron chi connectivity index (χ1n) is 7.05. The fourth-order valence-electron chi connectivity index (χ4n) is 2.00. The van der Waals surface area contributed by atoms with Crippen molar-refractivity contribution in [1.29, 1.82) is 0 Å². The van der Waals surface area contributed by atoms with Gasteiger partial charge in [-0.1, -0.05) is 18.0 Å². The van der Waals surface area contributed by atoms with Gasteiger partial charge < -0.3 is 9.84 Å². The Labute approximate surface area is 130 Å². The Morgan fingerprint density at radius 2 is 1.95 bits per heavy atom. The van der Waals surface area contributed by atoms with Crippen molar-refractivity contribution in [1.82, 2.24) is 0 Å². The summed E-state index contributed by atoms with van der Waals surface area (Å²) >= 11 is 0. The molecule has 0 aliphatic carbocycles. The highest BCUT2D eigenvalue weighted by Gasteiger charge is 2.19. The fourth-order valence-corrected chi connectivity index (χ4v) is 3.42. The van der Waals surface area contributed by atoms with Gasteiger partial charge in [-0.15, -0.1) is 0 Å². The van der Waals surface area contributed by atoms with Crippen LogP contribution in [0, 0.1) is 0 Å². The lowest BCUT2D eigenvalue weighted by Gasteiger charge is -2.11. The highest BCUT2D eigenvalue weighted by molar-refractivity contribution is 7.91. The van der Waals surface area contributed by atoms with Gasteiger partial charge in [0, 0.05) is 11.5 Å². The molecule has 1 atom stereocenters. The molecule has 0 amide bonds. The number of unbranched alkanes of at least 4 members (excludes halogenated alkanes) is 2. The summed E-state index contributed by atoms with van der Waals surface area (Å²) in [7, 11) is -2.00. The third-order valence-electron chi connectivity index (χ3n) is 3.19. The van der Waals surface area contributed by atoms with E-state index in [0.717, 1.165) is 12.8 Å². The monoisotopic (exact) mass is 327 g/mol. The van der Waals surface area contributed by atoms with Crippen LogP contribution in [-0.4, -0.2) is 39.0 Å². The standard InChI is InChI=1S/C14H21N3O4S/c1-21-13-6-8-14(9-7-13)22(19,20)11-12(18)5-3-2-4-10-16-17-15/h6-9,12,18H,2-5,10-11H2,1H3. The first kappa shape index (κ1) is 18.3. The van der Waals surface area contributed by atoms with E-state index in [4.69, 9.17) is 10.3 Å². The first-order valence-corrected chi connectivity index (χ1v) is 8.70. The lowest BCUT2D eigenvalue weighted by atomic mass is 10.1. The number of ether oxygens (including phenoxy) is 1. The second-order valence-electron chi connectivity index (χ2n) is 4.91. The van der Waals surface area contributed by atoms with Crippen molar-refractivity contribution < 1.29 is 18.3 Å². The van der Waals surface area contributed by atoms with E-state index in [0.29, 0.717) is 25.1 Å².